The van der Waals surface area contributed by atoms with Crippen molar-refractivity contribution in [3.63, 3.8) is 0 Å². The molecule has 7 nitrogen and oxygen atoms in total. The first-order valence-corrected chi connectivity index (χ1v) is 8.28. The topological polar surface area (TPSA) is 96.4 Å². The van der Waals surface area contributed by atoms with E-state index >= 15 is 0 Å². The number of esters is 1. The Bertz CT molecular complexity index is 979. The molecule has 0 unspecified atom stereocenters. The molecule has 0 spiro atoms. The van der Waals surface area contributed by atoms with Gasteiger partial charge in [0.15, 0.2) is 0 Å². The first kappa shape index (κ1) is 18.3. The summed E-state index contributed by atoms with van der Waals surface area (Å²) in [7, 11) is 1.32. The van der Waals surface area contributed by atoms with Crippen LogP contribution in [-0.4, -0.2) is 35.4 Å². The smallest absolute Gasteiger partial charge is 0.337 e. The summed E-state index contributed by atoms with van der Waals surface area (Å²) in [6.07, 6.45) is 1.47. The average Bonchev–Trinajstić information content (AvgIpc) is 3.19. The fourth-order valence-electron chi connectivity index (χ4n) is 2.26. The molecule has 0 aliphatic rings. The Hall–Kier alpha value is -3.45. The molecule has 0 saturated carbocycles. The monoisotopic (exact) mass is 382 g/mol. The molecule has 1 aromatic heterocycles. The van der Waals surface area contributed by atoms with Crippen LogP contribution in [-0.2, 0) is 4.74 Å². The number of hydrazone groups is 1. The van der Waals surface area contributed by atoms with Gasteiger partial charge in [-0.1, -0.05) is 35.9 Å². The minimum absolute atomic E-state index is 0.276. The van der Waals surface area contributed by atoms with Gasteiger partial charge < -0.3 is 4.74 Å². The molecule has 0 atom stereocenters. The van der Waals surface area contributed by atoms with E-state index in [1.165, 1.54) is 13.3 Å². The van der Waals surface area contributed by atoms with Crippen molar-refractivity contribution in [2.24, 2.45) is 5.10 Å². The highest BCUT2D eigenvalue weighted by molar-refractivity contribution is 6.30. The van der Waals surface area contributed by atoms with E-state index in [0.717, 1.165) is 11.1 Å². The number of amides is 1. The van der Waals surface area contributed by atoms with Crippen molar-refractivity contribution in [1.29, 1.82) is 0 Å². The molecular weight excluding hydrogens is 368 g/mol. The van der Waals surface area contributed by atoms with E-state index in [4.69, 9.17) is 11.6 Å². The molecule has 1 amide bonds. The molecule has 3 aromatic rings. The normalized spacial score (nSPS) is 10.7. The summed E-state index contributed by atoms with van der Waals surface area (Å²) >= 11 is 5.86. The highest BCUT2D eigenvalue weighted by Gasteiger charge is 2.10. The Morgan fingerprint density at radius 1 is 1.15 bits per heavy atom. The highest BCUT2D eigenvalue weighted by atomic mass is 35.5. The number of hydrogen-bond acceptors (Lipinski definition) is 5. The van der Waals surface area contributed by atoms with Gasteiger partial charge >= 0.3 is 5.97 Å². The number of benzene rings is 2. The zero-order valence-electron chi connectivity index (χ0n) is 14.3. The second-order valence-corrected chi connectivity index (χ2v) is 5.92. The molecule has 1 heterocycles. The van der Waals surface area contributed by atoms with Crippen molar-refractivity contribution in [2.45, 2.75) is 0 Å². The van der Waals surface area contributed by atoms with E-state index in [-0.39, 0.29) is 5.69 Å². The lowest BCUT2D eigenvalue weighted by Crippen LogP contribution is -2.18. The number of rotatable bonds is 5. The molecule has 8 heteroatoms. The van der Waals surface area contributed by atoms with Gasteiger partial charge in [0, 0.05) is 10.6 Å². The number of ether oxygens (including phenoxy) is 1. The summed E-state index contributed by atoms with van der Waals surface area (Å²) in [6, 6.07) is 15.4. The number of nitrogens with zero attached hydrogens (tertiary/aromatic N) is 2. The molecule has 0 fully saturated rings. The number of hydrogen-bond donors (Lipinski definition) is 2. The van der Waals surface area contributed by atoms with Crippen molar-refractivity contribution in [3.05, 3.63) is 76.4 Å². The van der Waals surface area contributed by atoms with Gasteiger partial charge in [-0.3, -0.25) is 9.89 Å². The van der Waals surface area contributed by atoms with E-state index < -0.39 is 11.9 Å². The van der Waals surface area contributed by atoms with Crippen molar-refractivity contribution < 1.29 is 14.3 Å². The number of carbonyl (C=O) groups is 2. The SMILES string of the molecule is COC(=O)c1ccc(/C=N/NC(=O)c2cc(-c3ccc(Cl)cc3)n[nH]2)cc1. The maximum absolute atomic E-state index is 12.1. The van der Waals surface area contributed by atoms with E-state index in [9.17, 15) is 9.59 Å². The third-order valence-corrected chi connectivity index (χ3v) is 3.93. The fraction of sp³-hybridized carbons (Fsp3) is 0.0526. The molecule has 2 aromatic carbocycles. The number of carbonyl (C=O) groups excluding carboxylic acids is 2. The van der Waals surface area contributed by atoms with Crippen molar-refractivity contribution in [3.8, 4) is 11.3 Å². The number of aromatic amines is 1. The van der Waals surface area contributed by atoms with Crippen molar-refractivity contribution >= 4 is 29.7 Å². The second-order valence-electron chi connectivity index (χ2n) is 5.49. The minimum atomic E-state index is -0.426. The fourth-order valence-corrected chi connectivity index (χ4v) is 2.38. The summed E-state index contributed by atoms with van der Waals surface area (Å²) in [5, 5.41) is 11.3. The van der Waals surface area contributed by atoms with Crippen LogP contribution in [0.2, 0.25) is 5.02 Å². The number of nitrogens with one attached hydrogen (secondary N) is 2. The van der Waals surface area contributed by atoms with Gasteiger partial charge in [-0.25, -0.2) is 10.2 Å². The van der Waals surface area contributed by atoms with Crippen LogP contribution in [0.3, 0.4) is 0 Å². The van der Waals surface area contributed by atoms with Crippen LogP contribution in [0, 0.1) is 0 Å². The van der Waals surface area contributed by atoms with Gasteiger partial charge in [-0.2, -0.15) is 10.2 Å². The van der Waals surface area contributed by atoms with Crippen LogP contribution < -0.4 is 5.43 Å². The maximum Gasteiger partial charge on any atom is 0.337 e. The molecule has 0 aliphatic heterocycles. The average molecular weight is 383 g/mol. The van der Waals surface area contributed by atoms with E-state index in [2.05, 4.69) is 25.5 Å². The minimum Gasteiger partial charge on any atom is -0.465 e. The van der Waals surface area contributed by atoms with Gasteiger partial charge in [-0.15, -0.1) is 0 Å². The van der Waals surface area contributed by atoms with E-state index in [1.54, 1.807) is 42.5 Å². The molecule has 0 radical (unpaired) electrons. The van der Waals surface area contributed by atoms with Crippen molar-refractivity contribution in [1.82, 2.24) is 15.6 Å². The zero-order chi connectivity index (χ0) is 19.2. The molecule has 136 valence electrons. The number of halogens is 1. The van der Waals surface area contributed by atoms with Gasteiger partial charge in [-0.05, 0) is 35.9 Å². The van der Waals surface area contributed by atoms with Crippen LogP contribution in [0.25, 0.3) is 11.3 Å². The first-order valence-electron chi connectivity index (χ1n) is 7.90. The zero-order valence-corrected chi connectivity index (χ0v) is 15.0. The molecule has 0 bridgehead atoms. The Balaban J connectivity index is 1.61. The Labute approximate surface area is 160 Å². The second kappa shape index (κ2) is 8.29. The Kier molecular flexibility index (Phi) is 5.63. The molecule has 0 saturated heterocycles. The summed E-state index contributed by atoms with van der Waals surface area (Å²) in [5.74, 6) is -0.840. The van der Waals surface area contributed by atoms with Gasteiger partial charge in [0.05, 0.1) is 24.6 Å². The van der Waals surface area contributed by atoms with Crippen LogP contribution in [0.15, 0.2) is 59.7 Å². The maximum atomic E-state index is 12.1. The third-order valence-electron chi connectivity index (χ3n) is 3.67. The Morgan fingerprint density at radius 2 is 1.85 bits per heavy atom. The van der Waals surface area contributed by atoms with E-state index in [1.807, 2.05) is 12.1 Å². The van der Waals surface area contributed by atoms with Crippen LogP contribution in [0.4, 0.5) is 0 Å². The van der Waals surface area contributed by atoms with Crippen LogP contribution >= 0.6 is 11.6 Å². The molecule has 0 aliphatic carbocycles. The quantitative estimate of drug-likeness (QED) is 0.402. The summed E-state index contributed by atoms with van der Waals surface area (Å²) in [4.78, 5) is 23.5. The largest absolute Gasteiger partial charge is 0.465 e. The number of methoxy groups -OCH3 is 1. The highest BCUT2D eigenvalue weighted by Crippen LogP contribution is 2.20. The molecule has 3 rings (SSSR count). The van der Waals surface area contributed by atoms with E-state index in [0.29, 0.717) is 16.3 Å². The lowest BCUT2D eigenvalue weighted by atomic mass is 10.1. The standard InChI is InChI=1S/C19H15ClN4O3/c1-27-19(26)14-4-2-12(3-5-14)11-21-24-18(25)17-10-16(22-23-17)13-6-8-15(20)9-7-13/h2-11H,1H3,(H,22,23)(H,24,25)/b21-11+. The van der Waals surface area contributed by atoms with Crippen LogP contribution in [0.5, 0.6) is 0 Å². The lowest BCUT2D eigenvalue weighted by Gasteiger charge is -1.99. The van der Waals surface area contributed by atoms with Gasteiger partial charge in [0.2, 0.25) is 0 Å². The first-order chi connectivity index (χ1) is 13.1. The van der Waals surface area contributed by atoms with Gasteiger partial charge in [0.1, 0.15) is 5.69 Å². The predicted octanol–water partition coefficient (Wildman–Crippen LogP) is 3.28. The van der Waals surface area contributed by atoms with Crippen molar-refractivity contribution in [2.75, 3.05) is 7.11 Å². The number of aromatic nitrogens is 2. The summed E-state index contributed by atoms with van der Waals surface area (Å²) < 4.78 is 4.63. The lowest BCUT2D eigenvalue weighted by molar-refractivity contribution is 0.0600. The predicted molar refractivity (Wildman–Crippen MR) is 102 cm³/mol. The third kappa shape index (κ3) is 4.59. The van der Waals surface area contributed by atoms with Gasteiger partial charge in [0.25, 0.3) is 5.91 Å². The Morgan fingerprint density at radius 3 is 2.52 bits per heavy atom. The summed E-state index contributed by atoms with van der Waals surface area (Å²) in [5.41, 5.74) is 5.31. The summed E-state index contributed by atoms with van der Waals surface area (Å²) in [6.45, 7) is 0. The van der Waals surface area contributed by atoms with Crippen LogP contribution in [0.1, 0.15) is 26.4 Å². The molecule has 27 heavy (non-hydrogen) atoms. The number of H-pyrrole nitrogens is 1. The molecular formula is C19H15ClN4O3. The molecule has 2 N–H and O–H groups in total.